The van der Waals surface area contributed by atoms with Crippen LogP contribution in [0.3, 0.4) is 0 Å². The van der Waals surface area contributed by atoms with Crippen molar-refractivity contribution in [2.24, 2.45) is 0 Å². The van der Waals surface area contributed by atoms with Gasteiger partial charge < -0.3 is 10.3 Å². The SMILES string of the molecule is Cc1ccccc1-c1cc(=O)c(CN2CCNCC23CCCC3)c[nH]1. The number of piperazine rings is 1. The third kappa shape index (κ3) is 3.16. The van der Waals surface area contributed by atoms with Crippen LogP contribution < -0.4 is 10.7 Å². The molecule has 25 heavy (non-hydrogen) atoms. The van der Waals surface area contributed by atoms with Gasteiger partial charge in [0, 0.05) is 60.8 Å². The number of benzene rings is 1. The molecule has 2 aliphatic rings. The molecule has 2 fully saturated rings. The Morgan fingerprint density at radius 2 is 2.00 bits per heavy atom. The summed E-state index contributed by atoms with van der Waals surface area (Å²) in [5.74, 6) is 0. The maximum absolute atomic E-state index is 12.7. The molecule has 132 valence electrons. The highest BCUT2D eigenvalue weighted by atomic mass is 16.1. The molecule has 4 nitrogen and oxygen atoms in total. The summed E-state index contributed by atoms with van der Waals surface area (Å²) in [6.07, 6.45) is 7.04. The smallest absolute Gasteiger partial charge is 0.186 e. The molecular formula is C21H27N3O. The lowest BCUT2D eigenvalue weighted by atomic mass is 9.92. The molecule has 1 aromatic carbocycles. The van der Waals surface area contributed by atoms with Gasteiger partial charge in [0.1, 0.15) is 0 Å². The fraction of sp³-hybridized carbons (Fsp3) is 0.476. The molecule has 0 amide bonds. The number of nitrogens with zero attached hydrogens (tertiary/aromatic N) is 1. The predicted molar refractivity (Wildman–Crippen MR) is 102 cm³/mol. The topological polar surface area (TPSA) is 48.1 Å². The Morgan fingerprint density at radius 3 is 2.76 bits per heavy atom. The van der Waals surface area contributed by atoms with E-state index in [9.17, 15) is 4.79 Å². The largest absolute Gasteiger partial charge is 0.361 e. The molecule has 4 heteroatoms. The van der Waals surface area contributed by atoms with Gasteiger partial charge in [0.2, 0.25) is 0 Å². The van der Waals surface area contributed by atoms with E-state index in [2.05, 4.69) is 34.3 Å². The Hall–Kier alpha value is -1.91. The fourth-order valence-electron chi connectivity index (χ4n) is 4.52. The van der Waals surface area contributed by atoms with Crippen molar-refractivity contribution >= 4 is 0 Å². The lowest BCUT2D eigenvalue weighted by molar-refractivity contribution is 0.0569. The first-order valence-corrected chi connectivity index (χ1v) is 9.41. The molecule has 0 atom stereocenters. The second kappa shape index (κ2) is 6.77. The van der Waals surface area contributed by atoms with Gasteiger partial charge in [-0.25, -0.2) is 0 Å². The zero-order valence-electron chi connectivity index (χ0n) is 15.0. The van der Waals surface area contributed by atoms with Gasteiger partial charge in [-0.3, -0.25) is 9.69 Å². The lowest BCUT2D eigenvalue weighted by Gasteiger charge is -2.45. The molecule has 2 heterocycles. The highest BCUT2D eigenvalue weighted by molar-refractivity contribution is 5.63. The van der Waals surface area contributed by atoms with Crippen LogP contribution in [-0.4, -0.2) is 35.1 Å². The summed E-state index contributed by atoms with van der Waals surface area (Å²) in [7, 11) is 0. The van der Waals surface area contributed by atoms with Gasteiger partial charge in [-0.1, -0.05) is 37.1 Å². The fourth-order valence-corrected chi connectivity index (χ4v) is 4.52. The van der Waals surface area contributed by atoms with Gasteiger partial charge in [-0.15, -0.1) is 0 Å². The highest BCUT2D eigenvalue weighted by Crippen LogP contribution is 2.36. The summed E-state index contributed by atoms with van der Waals surface area (Å²) in [5.41, 5.74) is 4.47. The van der Waals surface area contributed by atoms with Crippen LogP contribution in [0.2, 0.25) is 0 Å². The zero-order chi connectivity index (χ0) is 17.3. The molecule has 4 rings (SSSR count). The van der Waals surface area contributed by atoms with E-state index < -0.39 is 0 Å². The van der Waals surface area contributed by atoms with Crippen LogP contribution >= 0.6 is 0 Å². The minimum atomic E-state index is 0.142. The number of hydrogen-bond acceptors (Lipinski definition) is 3. The molecule has 2 aromatic rings. The van der Waals surface area contributed by atoms with E-state index in [1.54, 1.807) is 6.07 Å². The summed E-state index contributed by atoms with van der Waals surface area (Å²) < 4.78 is 0. The molecule has 0 unspecified atom stereocenters. The number of H-pyrrole nitrogens is 1. The Kier molecular flexibility index (Phi) is 4.48. The summed E-state index contributed by atoms with van der Waals surface area (Å²) in [6, 6.07) is 9.94. The molecule has 1 saturated heterocycles. The van der Waals surface area contributed by atoms with Gasteiger partial charge in [0.25, 0.3) is 0 Å². The highest BCUT2D eigenvalue weighted by Gasteiger charge is 2.41. The first kappa shape index (κ1) is 16.6. The summed E-state index contributed by atoms with van der Waals surface area (Å²) in [6.45, 7) is 5.93. The van der Waals surface area contributed by atoms with Crippen LogP contribution in [0.25, 0.3) is 11.3 Å². The first-order valence-electron chi connectivity index (χ1n) is 9.41. The summed E-state index contributed by atoms with van der Waals surface area (Å²) in [4.78, 5) is 18.7. The van der Waals surface area contributed by atoms with Gasteiger partial charge in [0.15, 0.2) is 5.43 Å². The lowest BCUT2D eigenvalue weighted by Crippen LogP contribution is -2.59. The van der Waals surface area contributed by atoms with Crippen LogP contribution in [0.4, 0.5) is 0 Å². The van der Waals surface area contributed by atoms with Gasteiger partial charge in [-0.05, 0) is 25.3 Å². The van der Waals surface area contributed by atoms with E-state index in [1.165, 1.54) is 31.2 Å². The molecule has 0 radical (unpaired) electrons. The van der Waals surface area contributed by atoms with Crippen LogP contribution in [0, 0.1) is 6.92 Å². The van der Waals surface area contributed by atoms with E-state index in [0.29, 0.717) is 0 Å². The number of aryl methyl sites for hydroxylation is 1. The van der Waals surface area contributed by atoms with Crippen molar-refractivity contribution in [2.45, 2.75) is 44.7 Å². The second-order valence-electron chi connectivity index (χ2n) is 7.58. The third-order valence-corrected chi connectivity index (χ3v) is 6.01. The van der Waals surface area contributed by atoms with Crippen LogP contribution in [0.15, 0.2) is 41.3 Å². The van der Waals surface area contributed by atoms with Crippen LogP contribution in [-0.2, 0) is 6.54 Å². The number of pyridine rings is 1. The monoisotopic (exact) mass is 337 g/mol. The molecular weight excluding hydrogens is 310 g/mol. The van der Waals surface area contributed by atoms with Crippen molar-refractivity contribution in [3.63, 3.8) is 0 Å². The average Bonchev–Trinajstić information content (AvgIpc) is 3.08. The van der Waals surface area contributed by atoms with Crippen molar-refractivity contribution in [3.8, 4) is 11.3 Å². The Bertz CT molecular complexity index is 805. The van der Waals surface area contributed by atoms with Crippen molar-refractivity contribution in [1.29, 1.82) is 0 Å². The van der Waals surface area contributed by atoms with Crippen molar-refractivity contribution in [2.75, 3.05) is 19.6 Å². The maximum atomic E-state index is 12.7. The molecule has 1 saturated carbocycles. The number of aromatic nitrogens is 1. The van der Waals surface area contributed by atoms with Gasteiger partial charge in [0.05, 0.1) is 0 Å². The van der Waals surface area contributed by atoms with Crippen molar-refractivity contribution in [1.82, 2.24) is 15.2 Å². The van der Waals surface area contributed by atoms with Crippen LogP contribution in [0.5, 0.6) is 0 Å². The van der Waals surface area contributed by atoms with Crippen molar-refractivity contribution < 1.29 is 0 Å². The maximum Gasteiger partial charge on any atom is 0.186 e. The minimum Gasteiger partial charge on any atom is -0.361 e. The Labute approximate surface area is 149 Å². The van der Waals surface area contributed by atoms with E-state index in [4.69, 9.17) is 0 Å². The average molecular weight is 337 g/mol. The molecule has 1 aromatic heterocycles. The molecule has 1 aliphatic heterocycles. The molecule has 2 N–H and O–H groups in total. The van der Waals surface area contributed by atoms with Gasteiger partial charge >= 0.3 is 0 Å². The van der Waals surface area contributed by atoms with E-state index in [0.717, 1.165) is 43.0 Å². The number of hydrogen-bond donors (Lipinski definition) is 2. The molecule has 1 spiro atoms. The third-order valence-electron chi connectivity index (χ3n) is 6.01. The number of aromatic amines is 1. The van der Waals surface area contributed by atoms with Crippen molar-refractivity contribution in [3.05, 3.63) is 57.9 Å². The number of nitrogens with one attached hydrogen (secondary N) is 2. The van der Waals surface area contributed by atoms with E-state index in [-0.39, 0.29) is 11.0 Å². The van der Waals surface area contributed by atoms with Gasteiger partial charge in [-0.2, -0.15) is 0 Å². The minimum absolute atomic E-state index is 0.142. The Morgan fingerprint density at radius 1 is 1.20 bits per heavy atom. The summed E-state index contributed by atoms with van der Waals surface area (Å²) >= 11 is 0. The molecule has 1 aliphatic carbocycles. The molecule has 0 bridgehead atoms. The second-order valence-corrected chi connectivity index (χ2v) is 7.58. The number of rotatable bonds is 3. The normalized spacial score (nSPS) is 20.2. The van der Waals surface area contributed by atoms with E-state index in [1.807, 2.05) is 18.3 Å². The quantitative estimate of drug-likeness (QED) is 0.905. The Balaban J connectivity index is 1.59. The summed E-state index contributed by atoms with van der Waals surface area (Å²) in [5, 5.41) is 3.56. The standard InChI is InChI=1S/C21H27N3O/c1-16-6-2-3-7-18(16)19-12-20(25)17(13-23-19)14-24-11-10-22-15-21(24)8-4-5-9-21/h2-3,6-7,12-13,22H,4-5,8-11,14-15H2,1H3,(H,23,25). The first-order chi connectivity index (χ1) is 12.2. The van der Waals surface area contributed by atoms with E-state index >= 15 is 0 Å². The zero-order valence-corrected chi connectivity index (χ0v) is 15.0. The van der Waals surface area contributed by atoms with Crippen LogP contribution in [0.1, 0.15) is 36.8 Å². The predicted octanol–water partition coefficient (Wildman–Crippen LogP) is 3.07.